The molecule has 1 aromatic carbocycles. The Morgan fingerprint density at radius 1 is 1.35 bits per heavy atom. The number of hydrogen-bond acceptors (Lipinski definition) is 3. The van der Waals surface area contributed by atoms with Crippen LogP contribution in [0.2, 0.25) is 0 Å². The first-order valence-electron chi connectivity index (χ1n) is 5.61. The standard InChI is InChI=1S/C13H19NO3/c1-8-4-5-9(2)12(10(8)3)17-7-6-11(14)13(15)16/h4-5,11H,6-7,14H2,1-3H3,(H,15,16). The predicted molar refractivity (Wildman–Crippen MR) is 66.4 cm³/mol. The van der Waals surface area contributed by atoms with E-state index in [9.17, 15) is 4.79 Å². The fraction of sp³-hybridized carbons (Fsp3) is 0.462. The second-order valence-electron chi connectivity index (χ2n) is 4.24. The van der Waals surface area contributed by atoms with Crippen LogP contribution in [0.5, 0.6) is 5.75 Å². The first-order valence-corrected chi connectivity index (χ1v) is 5.61. The molecule has 0 aliphatic heterocycles. The van der Waals surface area contributed by atoms with Crippen LogP contribution in [-0.2, 0) is 4.79 Å². The second kappa shape index (κ2) is 5.68. The van der Waals surface area contributed by atoms with E-state index >= 15 is 0 Å². The van der Waals surface area contributed by atoms with E-state index in [2.05, 4.69) is 0 Å². The molecule has 1 atom stereocenters. The summed E-state index contributed by atoms with van der Waals surface area (Å²) in [6.45, 7) is 6.30. The molecular weight excluding hydrogens is 218 g/mol. The minimum atomic E-state index is -0.994. The van der Waals surface area contributed by atoms with Crippen molar-refractivity contribution in [2.45, 2.75) is 33.2 Å². The topological polar surface area (TPSA) is 72.5 Å². The molecule has 0 aromatic heterocycles. The highest BCUT2D eigenvalue weighted by molar-refractivity contribution is 5.72. The molecule has 1 aromatic rings. The average molecular weight is 237 g/mol. The van der Waals surface area contributed by atoms with Crippen molar-refractivity contribution in [1.82, 2.24) is 0 Å². The van der Waals surface area contributed by atoms with Gasteiger partial charge in [-0.3, -0.25) is 4.79 Å². The van der Waals surface area contributed by atoms with Gasteiger partial charge >= 0.3 is 5.97 Å². The minimum absolute atomic E-state index is 0.308. The van der Waals surface area contributed by atoms with Gasteiger partial charge < -0.3 is 15.6 Å². The molecule has 0 bridgehead atoms. The fourth-order valence-electron chi connectivity index (χ4n) is 1.56. The molecule has 1 rings (SSSR count). The van der Waals surface area contributed by atoms with Crippen LogP contribution in [0.3, 0.4) is 0 Å². The third-order valence-electron chi connectivity index (χ3n) is 2.87. The van der Waals surface area contributed by atoms with Crippen molar-refractivity contribution in [3.8, 4) is 5.75 Å². The molecule has 3 N–H and O–H groups in total. The molecule has 0 saturated carbocycles. The molecule has 4 nitrogen and oxygen atoms in total. The van der Waals surface area contributed by atoms with Crippen LogP contribution in [0.4, 0.5) is 0 Å². The molecule has 0 saturated heterocycles. The van der Waals surface area contributed by atoms with E-state index in [1.807, 2.05) is 32.9 Å². The van der Waals surface area contributed by atoms with Gasteiger partial charge in [0, 0.05) is 6.42 Å². The van der Waals surface area contributed by atoms with Crippen molar-refractivity contribution in [3.63, 3.8) is 0 Å². The Morgan fingerprint density at radius 3 is 2.53 bits per heavy atom. The SMILES string of the molecule is Cc1ccc(C)c(OCCC(N)C(=O)O)c1C. The summed E-state index contributed by atoms with van der Waals surface area (Å²) in [4.78, 5) is 10.5. The Morgan fingerprint density at radius 2 is 1.94 bits per heavy atom. The highest BCUT2D eigenvalue weighted by atomic mass is 16.5. The molecule has 0 spiro atoms. The first-order chi connectivity index (χ1) is 7.93. The molecule has 0 heterocycles. The number of aliphatic carboxylic acids is 1. The summed E-state index contributed by atoms with van der Waals surface area (Å²) in [5.41, 5.74) is 8.71. The number of benzene rings is 1. The molecule has 0 aliphatic carbocycles. The Labute approximate surface area is 101 Å². The third kappa shape index (κ3) is 3.46. The van der Waals surface area contributed by atoms with Gasteiger partial charge in [0.25, 0.3) is 0 Å². The van der Waals surface area contributed by atoms with Crippen molar-refractivity contribution in [3.05, 3.63) is 28.8 Å². The maximum absolute atomic E-state index is 10.5. The lowest BCUT2D eigenvalue weighted by atomic mass is 10.1. The van der Waals surface area contributed by atoms with Gasteiger partial charge in [0.05, 0.1) is 6.61 Å². The minimum Gasteiger partial charge on any atom is -0.493 e. The monoisotopic (exact) mass is 237 g/mol. The largest absolute Gasteiger partial charge is 0.493 e. The van der Waals surface area contributed by atoms with Gasteiger partial charge in [0.2, 0.25) is 0 Å². The molecule has 0 aliphatic rings. The van der Waals surface area contributed by atoms with E-state index in [4.69, 9.17) is 15.6 Å². The van der Waals surface area contributed by atoms with Crippen molar-refractivity contribution in [2.75, 3.05) is 6.61 Å². The van der Waals surface area contributed by atoms with Crippen molar-refractivity contribution in [1.29, 1.82) is 0 Å². The van der Waals surface area contributed by atoms with Gasteiger partial charge in [-0.1, -0.05) is 12.1 Å². The number of aryl methyl sites for hydroxylation is 2. The normalized spacial score (nSPS) is 12.2. The van der Waals surface area contributed by atoms with Crippen LogP contribution in [0.15, 0.2) is 12.1 Å². The van der Waals surface area contributed by atoms with E-state index in [1.165, 1.54) is 0 Å². The zero-order chi connectivity index (χ0) is 13.0. The zero-order valence-corrected chi connectivity index (χ0v) is 10.5. The molecule has 4 heteroatoms. The van der Waals surface area contributed by atoms with Crippen LogP contribution in [0, 0.1) is 20.8 Å². The Kier molecular flexibility index (Phi) is 4.52. The maximum atomic E-state index is 10.5. The van der Waals surface area contributed by atoms with Crippen molar-refractivity contribution >= 4 is 5.97 Å². The number of hydrogen-bond donors (Lipinski definition) is 2. The molecule has 17 heavy (non-hydrogen) atoms. The number of nitrogens with two attached hydrogens (primary N) is 1. The number of carboxylic acids is 1. The fourth-order valence-corrected chi connectivity index (χ4v) is 1.56. The summed E-state index contributed by atoms with van der Waals surface area (Å²) >= 11 is 0. The van der Waals surface area contributed by atoms with Gasteiger partial charge in [-0.15, -0.1) is 0 Å². The van der Waals surface area contributed by atoms with Gasteiger partial charge in [-0.05, 0) is 37.5 Å². The first kappa shape index (κ1) is 13.5. The van der Waals surface area contributed by atoms with Gasteiger partial charge in [-0.25, -0.2) is 0 Å². The number of carbonyl (C=O) groups is 1. The van der Waals surface area contributed by atoms with Crippen LogP contribution in [-0.4, -0.2) is 23.7 Å². The summed E-state index contributed by atoms with van der Waals surface area (Å²) in [5.74, 6) is -0.158. The van der Waals surface area contributed by atoms with Crippen LogP contribution < -0.4 is 10.5 Å². The van der Waals surface area contributed by atoms with Gasteiger partial charge in [-0.2, -0.15) is 0 Å². The van der Waals surface area contributed by atoms with Crippen LogP contribution >= 0.6 is 0 Å². The number of ether oxygens (including phenoxy) is 1. The van der Waals surface area contributed by atoms with Gasteiger partial charge in [0.1, 0.15) is 11.8 Å². The Bertz CT molecular complexity index is 415. The van der Waals surface area contributed by atoms with Crippen LogP contribution in [0.1, 0.15) is 23.1 Å². The van der Waals surface area contributed by atoms with Crippen LogP contribution in [0.25, 0.3) is 0 Å². The highest BCUT2D eigenvalue weighted by Crippen LogP contribution is 2.25. The molecule has 0 amide bonds. The Hall–Kier alpha value is -1.55. The Balaban J connectivity index is 2.64. The number of carboxylic acid groups (broad SMARTS) is 1. The summed E-state index contributed by atoms with van der Waals surface area (Å²) in [5, 5.41) is 8.65. The van der Waals surface area contributed by atoms with E-state index in [0.29, 0.717) is 13.0 Å². The predicted octanol–water partition coefficient (Wildman–Crippen LogP) is 1.79. The highest BCUT2D eigenvalue weighted by Gasteiger charge is 2.12. The third-order valence-corrected chi connectivity index (χ3v) is 2.87. The van der Waals surface area contributed by atoms with E-state index in [-0.39, 0.29) is 0 Å². The lowest BCUT2D eigenvalue weighted by Gasteiger charge is -2.14. The zero-order valence-electron chi connectivity index (χ0n) is 10.5. The molecule has 1 unspecified atom stereocenters. The molecule has 0 radical (unpaired) electrons. The van der Waals surface area contributed by atoms with Gasteiger partial charge in [0.15, 0.2) is 0 Å². The lowest BCUT2D eigenvalue weighted by Crippen LogP contribution is -2.31. The van der Waals surface area contributed by atoms with E-state index in [0.717, 1.165) is 22.4 Å². The summed E-state index contributed by atoms with van der Waals surface area (Å²) < 4.78 is 5.63. The summed E-state index contributed by atoms with van der Waals surface area (Å²) in [7, 11) is 0. The van der Waals surface area contributed by atoms with E-state index < -0.39 is 12.0 Å². The summed E-state index contributed by atoms with van der Waals surface area (Å²) in [6, 6.07) is 3.18. The quantitative estimate of drug-likeness (QED) is 0.819. The number of rotatable bonds is 5. The van der Waals surface area contributed by atoms with Crippen molar-refractivity contribution < 1.29 is 14.6 Å². The lowest BCUT2D eigenvalue weighted by molar-refractivity contribution is -0.138. The second-order valence-corrected chi connectivity index (χ2v) is 4.24. The van der Waals surface area contributed by atoms with E-state index in [1.54, 1.807) is 0 Å². The average Bonchev–Trinajstić information content (AvgIpc) is 2.28. The van der Waals surface area contributed by atoms with Crippen molar-refractivity contribution in [2.24, 2.45) is 5.73 Å². The smallest absolute Gasteiger partial charge is 0.320 e. The molecule has 94 valence electrons. The summed E-state index contributed by atoms with van der Waals surface area (Å²) in [6.07, 6.45) is 0.308. The molecule has 0 fully saturated rings. The maximum Gasteiger partial charge on any atom is 0.320 e. The molecular formula is C13H19NO3.